The maximum absolute atomic E-state index is 12.8. The van der Waals surface area contributed by atoms with Gasteiger partial charge in [0.2, 0.25) is 5.91 Å². The molecule has 0 heterocycles. The van der Waals surface area contributed by atoms with Crippen LogP contribution in [0.25, 0.3) is 0 Å². The lowest BCUT2D eigenvalue weighted by atomic mass is 10.0. The van der Waals surface area contributed by atoms with Crippen LogP contribution in [0.2, 0.25) is 0 Å². The summed E-state index contributed by atoms with van der Waals surface area (Å²) in [5.74, 6) is -1.56. The van der Waals surface area contributed by atoms with E-state index in [0.29, 0.717) is 18.5 Å². The molecule has 1 aromatic rings. The van der Waals surface area contributed by atoms with E-state index in [0.717, 1.165) is 12.1 Å². The van der Waals surface area contributed by atoms with Crippen LogP contribution in [-0.4, -0.2) is 35.0 Å². The minimum atomic E-state index is -4.41. The van der Waals surface area contributed by atoms with E-state index in [9.17, 15) is 22.8 Å². The van der Waals surface area contributed by atoms with E-state index >= 15 is 0 Å². The van der Waals surface area contributed by atoms with Crippen LogP contribution in [0.1, 0.15) is 43.7 Å². The summed E-state index contributed by atoms with van der Waals surface area (Å²) < 4.78 is 38.5. The summed E-state index contributed by atoms with van der Waals surface area (Å²) in [5, 5.41) is 8.82. The highest BCUT2D eigenvalue weighted by Gasteiger charge is 2.46. The second-order valence-corrected chi connectivity index (χ2v) is 6.89. The highest BCUT2D eigenvalue weighted by molar-refractivity contribution is 5.83. The van der Waals surface area contributed by atoms with Gasteiger partial charge in [0.15, 0.2) is 0 Å². The summed E-state index contributed by atoms with van der Waals surface area (Å²) in [7, 11) is 0. The number of hydrogen-bond acceptors (Lipinski definition) is 2. The molecule has 0 aliphatic heterocycles. The number of carbonyl (C=O) groups is 2. The van der Waals surface area contributed by atoms with Crippen molar-refractivity contribution in [2.24, 2.45) is 11.8 Å². The molecule has 0 bridgehead atoms. The Balaban J connectivity index is 2.07. The third-order valence-corrected chi connectivity index (χ3v) is 4.24. The largest absolute Gasteiger partial charge is 0.481 e. The van der Waals surface area contributed by atoms with Crippen LogP contribution in [0.3, 0.4) is 0 Å². The van der Waals surface area contributed by atoms with Gasteiger partial charge in [-0.05, 0) is 29.9 Å². The summed E-state index contributed by atoms with van der Waals surface area (Å²) in [5.41, 5.74) is -0.205. The molecule has 1 aromatic carbocycles. The molecule has 2 atom stereocenters. The summed E-state index contributed by atoms with van der Waals surface area (Å²) >= 11 is 0. The molecule has 1 fully saturated rings. The van der Waals surface area contributed by atoms with Gasteiger partial charge < -0.3 is 10.0 Å². The molecule has 1 N–H and O–H groups in total. The molecule has 7 heteroatoms. The maximum Gasteiger partial charge on any atom is 0.416 e. The average molecular weight is 357 g/mol. The predicted molar refractivity (Wildman–Crippen MR) is 86.0 cm³/mol. The van der Waals surface area contributed by atoms with Gasteiger partial charge in [-0.3, -0.25) is 9.59 Å². The number of carboxylic acids is 1. The fourth-order valence-corrected chi connectivity index (χ4v) is 2.98. The Hall–Kier alpha value is -2.05. The van der Waals surface area contributed by atoms with Crippen molar-refractivity contribution in [2.75, 3.05) is 13.1 Å². The van der Waals surface area contributed by atoms with Crippen molar-refractivity contribution < 1.29 is 27.9 Å². The molecule has 0 saturated heterocycles. The molecule has 2 rings (SSSR count). The number of carboxylic acid groups (broad SMARTS) is 1. The number of amides is 1. The second-order valence-electron chi connectivity index (χ2n) is 6.89. The van der Waals surface area contributed by atoms with Crippen LogP contribution in [0.5, 0.6) is 0 Å². The van der Waals surface area contributed by atoms with Crippen LogP contribution in [-0.2, 0) is 15.8 Å². The van der Waals surface area contributed by atoms with Crippen molar-refractivity contribution >= 4 is 11.9 Å². The Bertz CT molecular complexity index is 643. The Morgan fingerprint density at radius 2 is 2.00 bits per heavy atom. The van der Waals surface area contributed by atoms with Crippen LogP contribution >= 0.6 is 0 Å². The minimum absolute atomic E-state index is 0.123. The number of nitrogens with zero attached hydrogens (tertiary/aromatic N) is 1. The maximum atomic E-state index is 12.8. The smallest absolute Gasteiger partial charge is 0.416 e. The third-order valence-electron chi connectivity index (χ3n) is 4.24. The molecule has 0 aromatic heterocycles. The van der Waals surface area contributed by atoms with Gasteiger partial charge in [-0.2, -0.15) is 13.2 Å². The first-order valence-electron chi connectivity index (χ1n) is 8.27. The van der Waals surface area contributed by atoms with E-state index in [1.807, 2.05) is 13.8 Å². The summed E-state index contributed by atoms with van der Waals surface area (Å²) in [6.07, 6.45) is -4.04. The first-order chi connectivity index (χ1) is 11.6. The lowest BCUT2D eigenvalue weighted by molar-refractivity contribution is -0.139. The Morgan fingerprint density at radius 1 is 1.32 bits per heavy atom. The third kappa shape index (κ3) is 5.21. The summed E-state index contributed by atoms with van der Waals surface area (Å²) in [6.45, 7) is 4.42. The average Bonchev–Trinajstić information content (AvgIpc) is 3.30. The SMILES string of the molecule is CC(C)CN(CCC(=O)O)C(=O)C1CC1c1cccc(C(F)(F)F)c1. The molecule has 4 nitrogen and oxygen atoms in total. The molecule has 1 aliphatic carbocycles. The van der Waals surface area contributed by atoms with Crippen molar-refractivity contribution in [2.45, 2.75) is 38.8 Å². The lowest BCUT2D eigenvalue weighted by Crippen LogP contribution is -2.37. The highest BCUT2D eigenvalue weighted by atomic mass is 19.4. The van der Waals surface area contributed by atoms with E-state index < -0.39 is 17.7 Å². The zero-order valence-electron chi connectivity index (χ0n) is 14.2. The summed E-state index contributed by atoms with van der Waals surface area (Å²) in [4.78, 5) is 24.9. The predicted octanol–water partition coefficient (Wildman–Crippen LogP) is 3.77. The Kier molecular flexibility index (Phi) is 5.75. The molecule has 1 saturated carbocycles. The molecule has 25 heavy (non-hydrogen) atoms. The van der Waals surface area contributed by atoms with E-state index in [-0.39, 0.29) is 36.6 Å². The van der Waals surface area contributed by atoms with Gasteiger partial charge in [-0.25, -0.2) is 0 Å². The Morgan fingerprint density at radius 3 is 2.56 bits per heavy atom. The van der Waals surface area contributed by atoms with E-state index in [1.54, 1.807) is 6.07 Å². The first kappa shape index (κ1) is 19.3. The van der Waals surface area contributed by atoms with Crippen LogP contribution in [0, 0.1) is 11.8 Å². The quantitative estimate of drug-likeness (QED) is 0.808. The van der Waals surface area contributed by atoms with E-state index in [4.69, 9.17) is 5.11 Å². The van der Waals surface area contributed by atoms with Gasteiger partial charge >= 0.3 is 12.1 Å². The standard InChI is InChI=1S/C18H22F3NO3/c1-11(2)10-22(7-6-16(23)24)17(25)15-9-14(15)12-4-3-5-13(8-12)18(19,20)21/h3-5,8,11,14-15H,6-7,9-10H2,1-2H3,(H,23,24). The molecular formula is C18H22F3NO3. The normalized spacial score (nSPS) is 19.8. The number of benzene rings is 1. The van der Waals surface area contributed by atoms with Crippen LogP contribution < -0.4 is 0 Å². The van der Waals surface area contributed by atoms with Gasteiger partial charge in [0, 0.05) is 19.0 Å². The highest BCUT2D eigenvalue weighted by Crippen LogP contribution is 2.49. The monoisotopic (exact) mass is 357 g/mol. The number of alkyl halides is 3. The zero-order chi connectivity index (χ0) is 18.8. The fourth-order valence-electron chi connectivity index (χ4n) is 2.98. The molecule has 2 unspecified atom stereocenters. The van der Waals surface area contributed by atoms with Crippen molar-refractivity contribution in [3.05, 3.63) is 35.4 Å². The number of hydrogen-bond donors (Lipinski definition) is 1. The molecule has 1 amide bonds. The van der Waals surface area contributed by atoms with Crippen molar-refractivity contribution in [3.63, 3.8) is 0 Å². The van der Waals surface area contributed by atoms with Crippen LogP contribution in [0.4, 0.5) is 13.2 Å². The van der Waals surface area contributed by atoms with Gasteiger partial charge in [0.05, 0.1) is 12.0 Å². The van der Waals surface area contributed by atoms with Gasteiger partial charge in [-0.1, -0.05) is 32.0 Å². The second kappa shape index (κ2) is 7.45. The fraction of sp³-hybridized carbons (Fsp3) is 0.556. The molecule has 138 valence electrons. The molecular weight excluding hydrogens is 335 g/mol. The minimum Gasteiger partial charge on any atom is -0.481 e. The molecule has 0 radical (unpaired) electrons. The summed E-state index contributed by atoms with van der Waals surface area (Å²) in [6, 6.07) is 5.08. The van der Waals surface area contributed by atoms with Gasteiger partial charge in [-0.15, -0.1) is 0 Å². The van der Waals surface area contributed by atoms with E-state index in [1.165, 1.54) is 11.0 Å². The van der Waals surface area contributed by atoms with Crippen molar-refractivity contribution in [3.8, 4) is 0 Å². The van der Waals surface area contributed by atoms with Crippen molar-refractivity contribution in [1.82, 2.24) is 4.90 Å². The topological polar surface area (TPSA) is 57.6 Å². The van der Waals surface area contributed by atoms with Crippen LogP contribution in [0.15, 0.2) is 24.3 Å². The van der Waals surface area contributed by atoms with Gasteiger partial charge in [0.1, 0.15) is 0 Å². The lowest BCUT2D eigenvalue weighted by Gasteiger charge is -2.24. The van der Waals surface area contributed by atoms with Gasteiger partial charge in [0.25, 0.3) is 0 Å². The van der Waals surface area contributed by atoms with Crippen molar-refractivity contribution in [1.29, 1.82) is 0 Å². The Labute approximate surface area is 144 Å². The number of halogens is 3. The number of aliphatic carboxylic acids is 1. The number of carbonyl (C=O) groups excluding carboxylic acids is 1. The van der Waals surface area contributed by atoms with E-state index in [2.05, 4.69) is 0 Å². The first-order valence-corrected chi connectivity index (χ1v) is 8.27. The molecule has 1 aliphatic rings. The molecule has 0 spiro atoms. The number of rotatable bonds is 7. The zero-order valence-corrected chi connectivity index (χ0v) is 14.2.